The van der Waals surface area contributed by atoms with Gasteiger partial charge >= 0.3 is 0 Å². The Balaban J connectivity index is 2.29. The van der Waals surface area contributed by atoms with Crippen molar-refractivity contribution in [1.82, 2.24) is 14.9 Å². The number of nitrogens with zero attached hydrogens (tertiary/aromatic N) is 1. The van der Waals surface area contributed by atoms with E-state index in [2.05, 4.69) is 10.6 Å². The third-order valence-electron chi connectivity index (χ3n) is 4.19. The topological polar surface area (TPSA) is 78.5 Å². The van der Waals surface area contributed by atoms with E-state index in [1.54, 1.807) is 26.0 Å². The van der Waals surface area contributed by atoms with Crippen LogP contribution >= 0.6 is 0 Å². The molecule has 1 aliphatic rings. The molecule has 1 aliphatic heterocycles. The Labute approximate surface area is 138 Å². The van der Waals surface area contributed by atoms with E-state index in [0.29, 0.717) is 18.7 Å². The van der Waals surface area contributed by atoms with Crippen LogP contribution in [-0.2, 0) is 10.0 Å². The summed E-state index contributed by atoms with van der Waals surface area (Å²) in [6.45, 7) is 7.87. The van der Waals surface area contributed by atoms with Crippen LogP contribution in [0.4, 0.5) is 0 Å². The van der Waals surface area contributed by atoms with Crippen molar-refractivity contribution in [3.05, 3.63) is 29.3 Å². The summed E-state index contributed by atoms with van der Waals surface area (Å²) < 4.78 is 26.6. The Morgan fingerprint density at radius 1 is 1.35 bits per heavy atom. The minimum absolute atomic E-state index is 0.102. The molecule has 0 saturated carbocycles. The minimum atomic E-state index is -3.56. The van der Waals surface area contributed by atoms with E-state index in [0.717, 1.165) is 25.1 Å². The monoisotopic (exact) mass is 339 g/mol. The van der Waals surface area contributed by atoms with Crippen LogP contribution < -0.4 is 10.6 Å². The number of carbonyl (C=O) groups is 1. The summed E-state index contributed by atoms with van der Waals surface area (Å²) in [5.74, 6) is -0.215. The van der Waals surface area contributed by atoms with Crippen LogP contribution in [0.3, 0.4) is 0 Å². The highest BCUT2D eigenvalue weighted by Crippen LogP contribution is 2.20. The van der Waals surface area contributed by atoms with E-state index in [4.69, 9.17) is 0 Å². The van der Waals surface area contributed by atoms with Crippen molar-refractivity contribution in [1.29, 1.82) is 0 Å². The Morgan fingerprint density at radius 2 is 2.04 bits per heavy atom. The van der Waals surface area contributed by atoms with Gasteiger partial charge in [-0.3, -0.25) is 4.79 Å². The Morgan fingerprint density at radius 3 is 2.61 bits per heavy atom. The first-order chi connectivity index (χ1) is 10.9. The summed E-state index contributed by atoms with van der Waals surface area (Å²) in [7, 11) is -3.56. The minimum Gasteiger partial charge on any atom is -0.348 e. The van der Waals surface area contributed by atoms with Gasteiger partial charge in [0.25, 0.3) is 5.91 Å². The van der Waals surface area contributed by atoms with E-state index in [1.165, 1.54) is 10.4 Å². The summed E-state index contributed by atoms with van der Waals surface area (Å²) in [4.78, 5) is 12.6. The van der Waals surface area contributed by atoms with E-state index < -0.39 is 10.0 Å². The van der Waals surface area contributed by atoms with E-state index in [1.807, 2.05) is 6.92 Å². The summed E-state index contributed by atoms with van der Waals surface area (Å²) in [5.41, 5.74) is 1.19. The van der Waals surface area contributed by atoms with Gasteiger partial charge in [0.2, 0.25) is 10.0 Å². The van der Waals surface area contributed by atoms with E-state index in [-0.39, 0.29) is 16.8 Å². The number of sulfonamides is 1. The van der Waals surface area contributed by atoms with Gasteiger partial charge in [-0.05, 0) is 37.6 Å². The van der Waals surface area contributed by atoms with E-state index >= 15 is 0 Å². The predicted octanol–water partition coefficient (Wildman–Crippen LogP) is 1.12. The molecule has 1 atom stereocenters. The van der Waals surface area contributed by atoms with Crippen LogP contribution in [0.25, 0.3) is 0 Å². The first-order valence-corrected chi connectivity index (χ1v) is 9.46. The standard InChI is InChI=1S/C16H25N3O3S/c1-4-19(5-2)23(21,22)14-7-6-12(3)15(10-14)16(20)18-13-8-9-17-11-13/h6-7,10,13,17H,4-5,8-9,11H2,1-3H3,(H,18,20). The van der Waals surface area contributed by atoms with Gasteiger partial charge in [-0.1, -0.05) is 19.9 Å². The number of carbonyl (C=O) groups excluding carboxylic acids is 1. The molecule has 128 valence electrons. The molecule has 23 heavy (non-hydrogen) atoms. The number of hydrogen-bond acceptors (Lipinski definition) is 4. The smallest absolute Gasteiger partial charge is 0.251 e. The number of benzene rings is 1. The molecule has 1 aromatic carbocycles. The van der Waals surface area contributed by atoms with Crippen LogP contribution in [0.2, 0.25) is 0 Å². The maximum Gasteiger partial charge on any atom is 0.251 e. The molecular formula is C16H25N3O3S. The average Bonchev–Trinajstić information content (AvgIpc) is 3.01. The van der Waals surface area contributed by atoms with Crippen LogP contribution in [0.1, 0.15) is 36.2 Å². The SMILES string of the molecule is CCN(CC)S(=O)(=O)c1ccc(C)c(C(=O)NC2CCNC2)c1. The largest absolute Gasteiger partial charge is 0.348 e. The summed E-state index contributed by atoms with van der Waals surface area (Å²) in [6, 6.07) is 4.85. The average molecular weight is 339 g/mol. The summed E-state index contributed by atoms with van der Waals surface area (Å²) in [6.07, 6.45) is 0.891. The molecule has 0 bridgehead atoms. The quantitative estimate of drug-likeness (QED) is 0.814. The molecule has 1 amide bonds. The van der Waals surface area contributed by atoms with Gasteiger partial charge in [0.1, 0.15) is 0 Å². The van der Waals surface area contributed by atoms with Crippen LogP contribution in [-0.4, -0.2) is 50.9 Å². The van der Waals surface area contributed by atoms with Crippen molar-refractivity contribution >= 4 is 15.9 Å². The third kappa shape index (κ3) is 3.91. The normalized spacial score (nSPS) is 18.3. The Bertz CT molecular complexity index is 663. The first kappa shape index (κ1) is 17.9. The lowest BCUT2D eigenvalue weighted by molar-refractivity contribution is 0.0939. The summed E-state index contributed by atoms with van der Waals surface area (Å²) in [5, 5.41) is 6.15. The third-order valence-corrected chi connectivity index (χ3v) is 6.24. The molecule has 0 aliphatic carbocycles. The van der Waals surface area contributed by atoms with Crippen molar-refractivity contribution in [3.8, 4) is 0 Å². The van der Waals surface area contributed by atoms with Crippen molar-refractivity contribution in [3.63, 3.8) is 0 Å². The van der Waals surface area contributed by atoms with Crippen LogP contribution in [0, 0.1) is 6.92 Å². The van der Waals surface area contributed by atoms with Gasteiger partial charge in [0.15, 0.2) is 0 Å². The highest BCUT2D eigenvalue weighted by molar-refractivity contribution is 7.89. The van der Waals surface area contributed by atoms with Gasteiger partial charge in [-0.15, -0.1) is 0 Å². The zero-order valence-electron chi connectivity index (χ0n) is 13.9. The molecule has 1 saturated heterocycles. The molecule has 2 N–H and O–H groups in total. The molecule has 1 unspecified atom stereocenters. The molecule has 1 fully saturated rings. The predicted molar refractivity (Wildman–Crippen MR) is 90.0 cm³/mol. The molecule has 7 heteroatoms. The fraction of sp³-hybridized carbons (Fsp3) is 0.562. The second-order valence-corrected chi connectivity index (χ2v) is 7.67. The summed E-state index contributed by atoms with van der Waals surface area (Å²) >= 11 is 0. The van der Waals surface area contributed by atoms with Gasteiger partial charge in [-0.25, -0.2) is 8.42 Å². The number of hydrogen-bond donors (Lipinski definition) is 2. The molecule has 0 radical (unpaired) electrons. The lowest BCUT2D eigenvalue weighted by atomic mass is 10.1. The van der Waals surface area contributed by atoms with Crippen molar-refractivity contribution < 1.29 is 13.2 Å². The Hall–Kier alpha value is -1.44. The highest BCUT2D eigenvalue weighted by Gasteiger charge is 2.24. The van der Waals surface area contributed by atoms with Crippen molar-refractivity contribution in [2.24, 2.45) is 0 Å². The number of rotatable bonds is 6. The van der Waals surface area contributed by atoms with Gasteiger partial charge in [0, 0.05) is 31.2 Å². The molecule has 0 aromatic heterocycles. The zero-order chi connectivity index (χ0) is 17.0. The highest BCUT2D eigenvalue weighted by atomic mass is 32.2. The molecule has 6 nitrogen and oxygen atoms in total. The first-order valence-electron chi connectivity index (χ1n) is 8.02. The fourth-order valence-electron chi connectivity index (χ4n) is 2.76. The maximum absolute atomic E-state index is 12.6. The lowest BCUT2D eigenvalue weighted by Gasteiger charge is -2.19. The van der Waals surface area contributed by atoms with Gasteiger partial charge in [0.05, 0.1) is 4.90 Å². The second-order valence-electron chi connectivity index (χ2n) is 5.73. The van der Waals surface area contributed by atoms with Crippen LogP contribution in [0.15, 0.2) is 23.1 Å². The van der Waals surface area contributed by atoms with Gasteiger partial charge in [-0.2, -0.15) is 4.31 Å². The maximum atomic E-state index is 12.6. The number of amides is 1. The molecule has 0 spiro atoms. The second kappa shape index (κ2) is 7.42. The lowest BCUT2D eigenvalue weighted by Crippen LogP contribution is -2.36. The van der Waals surface area contributed by atoms with Crippen molar-refractivity contribution in [2.75, 3.05) is 26.2 Å². The molecule has 1 heterocycles. The van der Waals surface area contributed by atoms with Crippen LogP contribution in [0.5, 0.6) is 0 Å². The van der Waals surface area contributed by atoms with Gasteiger partial charge < -0.3 is 10.6 Å². The van der Waals surface area contributed by atoms with Crippen molar-refractivity contribution in [2.45, 2.75) is 38.1 Å². The number of aryl methyl sites for hydroxylation is 1. The zero-order valence-corrected chi connectivity index (χ0v) is 14.7. The molecule has 2 rings (SSSR count). The molecule has 1 aromatic rings. The molecular weight excluding hydrogens is 314 g/mol. The van der Waals surface area contributed by atoms with E-state index in [9.17, 15) is 13.2 Å². The number of nitrogens with one attached hydrogen (secondary N) is 2. The fourth-order valence-corrected chi connectivity index (χ4v) is 4.24. The Kier molecular flexibility index (Phi) is 5.78.